The van der Waals surface area contributed by atoms with Crippen molar-refractivity contribution >= 4 is 11.6 Å². The molecule has 88 valence electrons. The van der Waals surface area contributed by atoms with E-state index in [0.717, 1.165) is 6.61 Å². The van der Waals surface area contributed by atoms with Crippen LogP contribution < -0.4 is 4.74 Å². The van der Waals surface area contributed by atoms with Crippen molar-refractivity contribution in [3.63, 3.8) is 0 Å². The Bertz CT molecular complexity index is 346. The summed E-state index contributed by atoms with van der Waals surface area (Å²) in [6, 6.07) is 4.83. The molecule has 0 spiro atoms. The van der Waals surface area contributed by atoms with Crippen LogP contribution in [0.1, 0.15) is 32.1 Å². The van der Waals surface area contributed by atoms with E-state index in [1.54, 1.807) is 12.1 Å². The third-order valence-corrected chi connectivity index (χ3v) is 3.41. The highest BCUT2D eigenvalue weighted by Gasteiger charge is 2.14. The van der Waals surface area contributed by atoms with Crippen LogP contribution in [-0.4, -0.2) is 11.7 Å². The molecule has 0 aliphatic heterocycles. The quantitative estimate of drug-likeness (QED) is 0.865. The van der Waals surface area contributed by atoms with Crippen LogP contribution in [0.25, 0.3) is 0 Å². The third-order valence-electron chi connectivity index (χ3n) is 3.11. The number of benzene rings is 1. The SMILES string of the molecule is Oc1ccc(OCC2CCCCC2)c(Cl)c1. The van der Waals surface area contributed by atoms with Crippen molar-refractivity contribution in [3.05, 3.63) is 23.2 Å². The minimum absolute atomic E-state index is 0.176. The van der Waals surface area contributed by atoms with Gasteiger partial charge in [-0.05, 0) is 30.9 Å². The molecule has 1 aromatic carbocycles. The molecular weight excluding hydrogens is 224 g/mol. The van der Waals surface area contributed by atoms with Crippen molar-refractivity contribution in [3.8, 4) is 11.5 Å². The molecule has 0 aromatic heterocycles. The molecule has 0 amide bonds. The zero-order valence-corrected chi connectivity index (χ0v) is 10.0. The normalized spacial score (nSPS) is 17.3. The number of ether oxygens (including phenoxy) is 1. The van der Waals surface area contributed by atoms with Gasteiger partial charge in [-0.3, -0.25) is 0 Å². The van der Waals surface area contributed by atoms with E-state index in [1.165, 1.54) is 38.2 Å². The molecule has 0 unspecified atom stereocenters. The molecule has 1 N–H and O–H groups in total. The van der Waals surface area contributed by atoms with Gasteiger partial charge in [0.25, 0.3) is 0 Å². The summed E-state index contributed by atoms with van der Waals surface area (Å²) in [5, 5.41) is 9.70. The molecule has 0 radical (unpaired) electrons. The van der Waals surface area contributed by atoms with Crippen LogP contribution in [0.5, 0.6) is 11.5 Å². The van der Waals surface area contributed by atoms with Crippen molar-refractivity contribution < 1.29 is 9.84 Å². The maximum atomic E-state index is 9.21. The average molecular weight is 241 g/mol. The lowest BCUT2D eigenvalue weighted by Crippen LogP contribution is -2.15. The van der Waals surface area contributed by atoms with Gasteiger partial charge in [0.05, 0.1) is 11.6 Å². The fraction of sp³-hybridized carbons (Fsp3) is 0.538. The Morgan fingerprint density at radius 1 is 1.25 bits per heavy atom. The number of hydrogen-bond donors (Lipinski definition) is 1. The first-order chi connectivity index (χ1) is 7.75. The second-order valence-corrected chi connectivity index (χ2v) is 4.84. The molecule has 1 fully saturated rings. The molecule has 3 heteroatoms. The first kappa shape index (κ1) is 11.6. The molecule has 0 atom stereocenters. The van der Waals surface area contributed by atoms with Gasteiger partial charge in [0.15, 0.2) is 0 Å². The van der Waals surface area contributed by atoms with E-state index < -0.39 is 0 Å². The van der Waals surface area contributed by atoms with Crippen molar-refractivity contribution in [2.45, 2.75) is 32.1 Å². The monoisotopic (exact) mass is 240 g/mol. The molecule has 16 heavy (non-hydrogen) atoms. The summed E-state index contributed by atoms with van der Waals surface area (Å²) in [5.74, 6) is 1.51. The molecule has 1 saturated carbocycles. The summed E-state index contributed by atoms with van der Waals surface area (Å²) < 4.78 is 5.69. The molecule has 0 bridgehead atoms. The van der Waals surface area contributed by atoms with Crippen LogP contribution in [0.3, 0.4) is 0 Å². The first-order valence-electron chi connectivity index (χ1n) is 5.87. The van der Waals surface area contributed by atoms with Gasteiger partial charge in [-0.2, -0.15) is 0 Å². The van der Waals surface area contributed by atoms with Crippen molar-refractivity contribution in [2.75, 3.05) is 6.61 Å². The van der Waals surface area contributed by atoms with E-state index in [0.29, 0.717) is 16.7 Å². The van der Waals surface area contributed by atoms with E-state index in [4.69, 9.17) is 16.3 Å². The lowest BCUT2D eigenvalue weighted by atomic mass is 9.90. The van der Waals surface area contributed by atoms with Crippen molar-refractivity contribution in [1.29, 1.82) is 0 Å². The molecule has 1 aliphatic carbocycles. The summed E-state index contributed by atoms with van der Waals surface area (Å²) in [7, 11) is 0. The number of hydrogen-bond acceptors (Lipinski definition) is 2. The molecule has 0 saturated heterocycles. The number of phenolic OH excluding ortho intramolecular Hbond substituents is 1. The zero-order chi connectivity index (χ0) is 11.4. The van der Waals surface area contributed by atoms with Crippen LogP contribution in [0.4, 0.5) is 0 Å². The number of halogens is 1. The zero-order valence-electron chi connectivity index (χ0n) is 9.29. The summed E-state index contributed by atoms with van der Waals surface area (Å²) in [5.41, 5.74) is 0. The van der Waals surface area contributed by atoms with Crippen molar-refractivity contribution in [1.82, 2.24) is 0 Å². The number of phenols is 1. The second-order valence-electron chi connectivity index (χ2n) is 4.43. The molecule has 0 heterocycles. The largest absolute Gasteiger partial charge is 0.508 e. The average Bonchev–Trinajstić information content (AvgIpc) is 2.29. The number of rotatable bonds is 3. The molecule has 1 aliphatic rings. The van der Waals surface area contributed by atoms with Crippen LogP contribution in [-0.2, 0) is 0 Å². The van der Waals surface area contributed by atoms with Gasteiger partial charge in [-0.15, -0.1) is 0 Å². The van der Waals surface area contributed by atoms with Gasteiger partial charge in [0.2, 0.25) is 0 Å². The Kier molecular flexibility index (Phi) is 3.94. The van der Waals surface area contributed by atoms with Gasteiger partial charge >= 0.3 is 0 Å². The topological polar surface area (TPSA) is 29.5 Å². The maximum Gasteiger partial charge on any atom is 0.138 e. The fourth-order valence-electron chi connectivity index (χ4n) is 2.17. The summed E-state index contributed by atoms with van der Waals surface area (Å²) in [6.07, 6.45) is 6.51. The lowest BCUT2D eigenvalue weighted by molar-refractivity contribution is 0.209. The minimum Gasteiger partial charge on any atom is -0.508 e. The first-order valence-corrected chi connectivity index (χ1v) is 6.25. The van der Waals surface area contributed by atoms with Crippen LogP contribution in [0, 0.1) is 5.92 Å². The predicted octanol–water partition coefficient (Wildman–Crippen LogP) is 4.00. The Balaban J connectivity index is 1.88. The van der Waals surface area contributed by atoms with Gasteiger partial charge in [-0.1, -0.05) is 30.9 Å². The predicted molar refractivity (Wildman–Crippen MR) is 65.2 cm³/mol. The lowest BCUT2D eigenvalue weighted by Gasteiger charge is -2.21. The van der Waals surface area contributed by atoms with E-state index >= 15 is 0 Å². The third kappa shape index (κ3) is 3.05. The Morgan fingerprint density at radius 3 is 2.69 bits per heavy atom. The Hall–Kier alpha value is -0.890. The van der Waals surface area contributed by atoms with Gasteiger partial charge in [0, 0.05) is 6.07 Å². The smallest absolute Gasteiger partial charge is 0.138 e. The van der Waals surface area contributed by atoms with Gasteiger partial charge < -0.3 is 9.84 Å². The minimum atomic E-state index is 0.176. The Morgan fingerprint density at radius 2 is 2.00 bits per heavy atom. The van der Waals surface area contributed by atoms with Gasteiger partial charge in [-0.25, -0.2) is 0 Å². The maximum absolute atomic E-state index is 9.21. The standard InChI is InChI=1S/C13H17ClO2/c14-12-8-11(15)6-7-13(12)16-9-10-4-2-1-3-5-10/h6-8,10,15H,1-5,9H2. The Labute approximate surface area is 101 Å². The highest BCUT2D eigenvalue weighted by Crippen LogP contribution is 2.30. The van der Waals surface area contributed by atoms with Crippen molar-refractivity contribution in [2.24, 2.45) is 5.92 Å². The fourth-order valence-corrected chi connectivity index (χ4v) is 2.40. The highest BCUT2D eigenvalue weighted by atomic mass is 35.5. The molecule has 2 nitrogen and oxygen atoms in total. The highest BCUT2D eigenvalue weighted by molar-refractivity contribution is 6.32. The van der Waals surface area contributed by atoms with E-state index in [-0.39, 0.29) is 5.75 Å². The van der Waals surface area contributed by atoms with Gasteiger partial charge in [0.1, 0.15) is 11.5 Å². The van der Waals surface area contributed by atoms with E-state index in [2.05, 4.69) is 0 Å². The van der Waals surface area contributed by atoms with E-state index in [1.807, 2.05) is 0 Å². The summed E-state index contributed by atoms with van der Waals surface area (Å²) in [6.45, 7) is 0.741. The molecular formula is C13H17ClO2. The second kappa shape index (κ2) is 5.44. The molecule has 2 rings (SSSR count). The summed E-state index contributed by atoms with van der Waals surface area (Å²) >= 11 is 5.96. The van der Waals surface area contributed by atoms with E-state index in [9.17, 15) is 5.11 Å². The molecule has 1 aromatic rings. The van der Waals surface area contributed by atoms with Crippen LogP contribution >= 0.6 is 11.6 Å². The van der Waals surface area contributed by atoms with Crippen LogP contribution in [0.2, 0.25) is 5.02 Å². The number of aromatic hydroxyl groups is 1. The van der Waals surface area contributed by atoms with Crippen LogP contribution in [0.15, 0.2) is 18.2 Å². The summed E-state index contributed by atoms with van der Waals surface area (Å²) in [4.78, 5) is 0.